The van der Waals surface area contributed by atoms with Crippen LogP contribution in [0.5, 0.6) is 0 Å². The van der Waals surface area contributed by atoms with Crippen molar-refractivity contribution in [1.82, 2.24) is 14.7 Å². The van der Waals surface area contributed by atoms with E-state index in [1.807, 2.05) is 17.0 Å². The van der Waals surface area contributed by atoms with Crippen LogP contribution < -0.4 is 0 Å². The molecular weight excluding hydrogens is 314 g/mol. The lowest BCUT2D eigenvalue weighted by Gasteiger charge is -2.34. The standard InChI is InChI=1S/C17H20ClN3O2/c1-20-15(6-9-19-20)17(23)21-10-7-13(8-11-21)16(22)12-2-4-14(18)5-3-12/h2-6,9,13,16,22H,7-8,10-11H2,1H3. The van der Waals surface area contributed by atoms with E-state index in [0.29, 0.717) is 23.8 Å². The molecule has 6 heteroatoms. The maximum atomic E-state index is 12.5. The van der Waals surface area contributed by atoms with Crippen molar-refractivity contribution in [2.24, 2.45) is 13.0 Å². The molecule has 3 rings (SSSR count). The minimum atomic E-state index is -0.513. The van der Waals surface area contributed by atoms with Crippen molar-refractivity contribution in [2.45, 2.75) is 18.9 Å². The number of aliphatic hydroxyl groups excluding tert-OH is 1. The number of rotatable bonds is 3. The van der Waals surface area contributed by atoms with Gasteiger partial charge in [0, 0.05) is 31.4 Å². The summed E-state index contributed by atoms with van der Waals surface area (Å²) in [6.45, 7) is 1.30. The molecule has 0 aliphatic carbocycles. The normalized spacial score (nSPS) is 17.3. The molecule has 0 spiro atoms. The van der Waals surface area contributed by atoms with Crippen LogP contribution in [0.1, 0.15) is 35.0 Å². The molecule has 2 heterocycles. The number of aromatic nitrogens is 2. The van der Waals surface area contributed by atoms with Crippen LogP contribution in [0.2, 0.25) is 5.02 Å². The van der Waals surface area contributed by atoms with Gasteiger partial charge < -0.3 is 10.0 Å². The number of amides is 1. The van der Waals surface area contributed by atoms with Crippen molar-refractivity contribution < 1.29 is 9.90 Å². The fraction of sp³-hybridized carbons (Fsp3) is 0.412. The molecule has 0 bridgehead atoms. The first kappa shape index (κ1) is 16.0. The van der Waals surface area contributed by atoms with E-state index in [1.54, 1.807) is 36.1 Å². The second-order valence-corrected chi connectivity index (χ2v) is 6.40. The monoisotopic (exact) mass is 333 g/mol. The molecule has 1 aliphatic heterocycles. The highest BCUT2D eigenvalue weighted by molar-refractivity contribution is 6.30. The Morgan fingerprint density at radius 2 is 1.91 bits per heavy atom. The van der Waals surface area contributed by atoms with Crippen LogP contribution in [0.15, 0.2) is 36.5 Å². The Morgan fingerprint density at radius 1 is 1.26 bits per heavy atom. The maximum Gasteiger partial charge on any atom is 0.272 e. The molecule has 0 radical (unpaired) electrons. The van der Waals surface area contributed by atoms with Gasteiger partial charge in [0.05, 0.1) is 6.10 Å². The van der Waals surface area contributed by atoms with Crippen molar-refractivity contribution in [3.05, 3.63) is 52.8 Å². The van der Waals surface area contributed by atoms with Crippen LogP contribution in [0, 0.1) is 5.92 Å². The summed E-state index contributed by atoms with van der Waals surface area (Å²) in [4.78, 5) is 14.3. The van der Waals surface area contributed by atoms with Gasteiger partial charge in [-0.25, -0.2) is 0 Å². The quantitative estimate of drug-likeness (QED) is 0.939. The van der Waals surface area contributed by atoms with E-state index in [2.05, 4.69) is 5.10 Å². The van der Waals surface area contributed by atoms with Crippen LogP contribution >= 0.6 is 11.6 Å². The number of nitrogens with zero attached hydrogens (tertiary/aromatic N) is 3. The third-order valence-corrected chi connectivity index (χ3v) is 4.78. The van der Waals surface area contributed by atoms with E-state index in [0.717, 1.165) is 18.4 Å². The van der Waals surface area contributed by atoms with E-state index < -0.39 is 6.10 Å². The van der Waals surface area contributed by atoms with Crippen molar-refractivity contribution in [1.29, 1.82) is 0 Å². The molecule has 1 atom stereocenters. The number of carbonyl (C=O) groups excluding carboxylic acids is 1. The summed E-state index contributed by atoms with van der Waals surface area (Å²) >= 11 is 5.88. The third-order valence-electron chi connectivity index (χ3n) is 4.52. The van der Waals surface area contributed by atoms with Gasteiger partial charge in [-0.3, -0.25) is 9.48 Å². The van der Waals surface area contributed by atoms with E-state index in [1.165, 1.54) is 0 Å². The predicted octanol–water partition coefficient (Wildman–Crippen LogP) is 2.66. The van der Waals surface area contributed by atoms with Crippen molar-refractivity contribution in [2.75, 3.05) is 13.1 Å². The fourth-order valence-corrected chi connectivity index (χ4v) is 3.22. The zero-order chi connectivity index (χ0) is 16.4. The van der Waals surface area contributed by atoms with Gasteiger partial charge in [0.15, 0.2) is 0 Å². The molecule has 1 unspecified atom stereocenters. The summed E-state index contributed by atoms with van der Waals surface area (Å²) in [5, 5.41) is 15.2. The zero-order valence-electron chi connectivity index (χ0n) is 13.0. The molecule has 2 aromatic rings. The zero-order valence-corrected chi connectivity index (χ0v) is 13.8. The van der Waals surface area contributed by atoms with Crippen LogP contribution in [-0.2, 0) is 7.05 Å². The summed E-state index contributed by atoms with van der Waals surface area (Å²) < 4.78 is 1.59. The lowest BCUT2D eigenvalue weighted by Crippen LogP contribution is -2.40. The Bertz CT molecular complexity index is 675. The number of piperidine rings is 1. The molecule has 122 valence electrons. The first-order chi connectivity index (χ1) is 11.1. The van der Waals surface area contributed by atoms with Crippen molar-refractivity contribution in [3.63, 3.8) is 0 Å². The Hall–Kier alpha value is -1.85. The van der Waals surface area contributed by atoms with Crippen LogP contribution in [0.4, 0.5) is 0 Å². The summed E-state index contributed by atoms with van der Waals surface area (Å²) in [5.74, 6) is 0.163. The average Bonchev–Trinajstić information content (AvgIpc) is 3.00. The highest BCUT2D eigenvalue weighted by Crippen LogP contribution is 2.31. The molecule has 23 heavy (non-hydrogen) atoms. The number of carbonyl (C=O) groups is 1. The molecule has 1 aromatic heterocycles. The van der Waals surface area contributed by atoms with Gasteiger partial charge in [-0.15, -0.1) is 0 Å². The lowest BCUT2D eigenvalue weighted by molar-refractivity contribution is 0.0455. The molecule has 5 nitrogen and oxygen atoms in total. The molecule has 1 N–H and O–H groups in total. The molecule has 1 saturated heterocycles. The van der Waals surface area contributed by atoms with Gasteiger partial charge >= 0.3 is 0 Å². The first-order valence-electron chi connectivity index (χ1n) is 7.77. The lowest BCUT2D eigenvalue weighted by atomic mass is 9.87. The van der Waals surface area contributed by atoms with Crippen LogP contribution in [-0.4, -0.2) is 38.8 Å². The van der Waals surface area contributed by atoms with E-state index in [9.17, 15) is 9.90 Å². The molecule has 1 fully saturated rings. The van der Waals surface area contributed by atoms with Gasteiger partial charge in [0.2, 0.25) is 0 Å². The van der Waals surface area contributed by atoms with E-state index in [-0.39, 0.29) is 11.8 Å². The van der Waals surface area contributed by atoms with E-state index >= 15 is 0 Å². The Kier molecular flexibility index (Phi) is 4.68. The Balaban J connectivity index is 1.61. The van der Waals surface area contributed by atoms with E-state index in [4.69, 9.17) is 11.6 Å². The Morgan fingerprint density at radius 3 is 2.48 bits per heavy atom. The summed E-state index contributed by atoms with van der Waals surface area (Å²) in [5.41, 5.74) is 1.48. The third kappa shape index (κ3) is 3.41. The minimum absolute atomic E-state index is 0.00410. The van der Waals surface area contributed by atoms with Crippen LogP contribution in [0.25, 0.3) is 0 Å². The molecular formula is C17H20ClN3O2. The molecule has 1 amide bonds. The minimum Gasteiger partial charge on any atom is -0.388 e. The number of benzene rings is 1. The fourth-order valence-electron chi connectivity index (χ4n) is 3.10. The maximum absolute atomic E-state index is 12.5. The van der Waals surface area contributed by atoms with Crippen LogP contribution in [0.3, 0.4) is 0 Å². The Labute approximate surface area is 140 Å². The smallest absolute Gasteiger partial charge is 0.272 e. The number of aryl methyl sites for hydroxylation is 1. The number of hydrogen-bond donors (Lipinski definition) is 1. The summed E-state index contributed by atoms with van der Waals surface area (Å²) in [7, 11) is 1.77. The predicted molar refractivity (Wildman–Crippen MR) is 88.2 cm³/mol. The largest absolute Gasteiger partial charge is 0.388 e. The summed E-state index contributed by atoms with van der Waals surface area (Å²) in [6.07, 6.45) is 2.69. The van der Waals surface area contributed by atoms with Gasteiger partial charge in [-0.05, 0) is 42.5 Å². The first-order valence-corrected chi connectivity index (χ1v) is 8.15. The SMILES string of the molecule is Cn1nccc1C(=O)N1CCC(C(O)c2ccc(Cl)cc2)CC1. The van der Waals surface area contributed by atoms with Crippen molar-refractivity contribution >= 4 is 17.5 Å². The number of halogens is 1. The van der Waals surface area contributed by atoms with Crippen molar-refractivity contribution in [3.8, 4) is 0 Å². The highest BCUT2D eigenvalue weighted by Gasteiger charge is 2.29. The molecule has 1 aliphatic rings. The molecule has 1 aromatic carbocycles. The van der Waals surface area contributed by atoms with Gasteiger partial charge in [-0.2, -0.15) is 5.10 Å². The average molecular weight is 334 g/mol. The van der Waals surface area contributed by atoms with Gasteiger partial charge in [0.25, 0.3) is 5.91 Å². The number of hydrogen-bond acceptors (Lipinski definition) is 3. The number of likely N-dealkylation sites (tertiary alicyclic amines) is 1. The van der Waals surface area contributed by atoms with Gasteiger partial charge in [-0.1, -0.05) is 23.7 Å². The highest BCUT2D eigenvalue weighted by atomic mass is 35.5. The van der Waals surface area contributed by atoms with Gasteiger partial charge in [0.1, 0.15) is 5.69 Å². The topological polar surface area (TPSA) is 58.4 Å². The second kappa shape index (κ2) is 6.72. The summed E-state index contributed by atoms with van der Waals surface area (Å²) in [6, 6.07) is 9.04. The second-order valence-electron chi connectivity index (χ2n) is 5.97. The number of aliphatic hydroxyl groups is 1. The molecule has 0 saturated carbocycles.